The molecule has 1 fully saturated rings. The smallest absolute Gasteiger partial charge is 0.251 e. The van der Waals surface area contributed by atoms with Gasteiger partial charge in [-0.25, -0.2) is 13.8 Å². The van der Waals surface area contributed by atoms with E-state index in [1.54, 1.807) is 23.2 Å². The maximum atomic E-state index is 15.1. The van der Waals surface area contributed by atoms with E-state index in [-0.39, 0.29) is 24.4 Å². The molecule has 0 radical (unpaired) electrons. The largest absolute Gasteiger partial charge is 0.376 e. The summed E-state index contributed by atoms with van der Waals surface area (Å²) in [6.45, 7) is 3.28. The van der Waals surface area contributed by atoms with Gasteiger partial charge < -0.3 is 5.32 Å². The Morgan fingerprint density at radius 1 is 1.21 bits per heavy atom. The van der Waals surface area contributed by atoms with Crippen molar-refractivity contribution in [3.8, 4) is 0 Å². The Kier molecular flexibility index (Phi) is 6.44. The number of rotatable bonds is 8. The van der Waals surface area contributed by atoms with E-state index in [9.17, 15) is 13.2 Å². The SMILES string of the molecule is C[C@@H]1Cc2c(ccc3[nH]ncc23)[C@@H](c2ccc(NC3CN(CCCF)C3)c(F)n2)N1CC(F)F. The molecule has 2 N–H and O–H groups in total. The Bertz CT molecular complexity index is 1150. The summed E-state index contributed by atoms with van der Waals surface area (Å²) < 4.78 is 54.4. The zero-order valence-electron chi connectivity index (χ0n) is 18.9. The van der Waals surface area contributed by atoms with Crippen LogP contribution in [0, 0.1) is 5.95 Å². The summed E-state index contributed by atoms with van der Waals surface area (Å²) in [5.74, 6) is -0.652. The van der Waals surface area contributed by atoms with Crippen molar-refractivity contribution in [2.24, 2.45) is 0 Å². The minimum atomic E-state index is -2.52. The number of nitrogens with zero attached hydrogens (tertiary/aromatic N) is 4. The molecule has 2 aliphatic heterocycles. The fraction of sp³-hybridized carbons (Fsp3) is 0.500. The van der Waals surface area contributed by atoms with Gasteiger partial charge in [0.25, 0.3) is 6.43 Å². The van der Waals surface area contributed by atoms with Crippen LogP contribution in [0.2, 0.25) is 0 Å². The second-order valence-corrected chi connectivity index (χ2v) is 9.23. The topological polar surface area (TPSA) is 60.1 Å². The lowest BCUT2D eigenvalue weighted by molar-refractivity contribution is 0.0454. The molecule has 1 saturated heterocycles. The van der Waals surface area contributed by atoms with Gasteiger partial charge in [-0.1, -0.05) is 6.07 Å². The highest BCUT2D eigenvalue weighted by atomic mass is 19.3. The molecule has 4 heterocycles. The average Bonchev–Trinajstić information content (AvgIpc) is 3.26. The van der Waals surface area contributed by atoms with Crippen LogP contribution in [-0.4, -0.2) is 76.3 Å². The molecule has 0 amide bonds. The summed E-state index contributed by atoms with van der Waals surface area (Å²) in [6.07, 6.45) is 0.322. The molecule has 0 unspecified atom stereocenters. The minimum absolute atomic E-state index is 0.0712. The lowest BCUT2D eigenvalue weighted by Gasteiger charge is -2.42. The average molecular weight is 477 g/mol. The molecule has 10 heteroatoms. The zero-order valence-corrected chi connectivity index (χ0v) is 18.9. The summed E-state index contributed by atoms with van der Waals surface area (Å²) >= 11 is 0. The van der Waals surface area contributed by atoms with Crippen LogP contribution in [0.4, 0.5) is 23.2 Å². The molecule has 34 heavy (non-hydrogen) atoms. The normalized spacial score (nSPS) is 21.7. The number of pyridine rings is 1. The van der Waals surface area contributed by atoms with E-state index in [1.807, 2.05) is 19.1 Å². The molecule has 2 aromatic heterocycles. The number of fused-ring (bicyclic) bond motifs is 3. The van der Waals surface area contributed by atoms with E-state index in [2.05, 4.69) is 25.4 Å². The second-order valence-electron chi connectivity index (χ2n) is 9.23. The Morgan fingerprint density at radius 3 is 2.76 bits per heavy atom. The van der Waals surface area contributed by atoms with Gasteiger partial charge >= 0.3 is 0 Å². The monoisotopic (exact) mass is 476 g/mol. The van der Waals surface area contributed by atoms with Gasteiger partial charge in [0.1, 0.15) is 0 Å². The van der Waals surface area contributed by atoms with E-state index in [1.165, 1.54) is 0 Å². The maximum absolute atomic E-state index is 15.1. The van der Waals surface area contributed by atoms with Crippen molar-refractivity contribution in [2.75, 3.05) is 38.2 Å². The number of hydrogen-bond donors (Lipinski definition) is 2. The number of anilines is 1. The van der Waals surface area contributed by atoms with Crippen molar-refractivity contribution < 1.29 is 17.6 Å². The Balaban J connectivity index is 1.43. The van der Waals surface area contributed by atoms with E-state index >= 15 is 4.39 Å². The van der Waals surface area contributed by atoms with Crippen LogP contribution in [0.15, 0.2) is 30.5 Å². The first-order chi connectivity index (χ1) is 16.4. The summed E-state index contributed by atoms with van der Waals surface area (Å²) in [4.78, 5) is 8.05. The van der Waals surface area contributed by atoms with Crippen LogP contribution in [0.1, 0.15) is 36.2 Å². The van der Waals surface area contributed by atoms with Crippen molar-refractivity contribution in [1.82, 2.24) is 25.0 Å². The molecule has 0 saturated carbocycles. The van der Waals surface area contributed by atoms with E-state index in [4.69, 9.17) is 0 Å². The lowest BCUT2D eigenvalue weighted by atomic mass is 9.85. The molecular weight excluding hydrogens is 448 g/mol. The first-order valence-corrected chi connectivity index (χ1v) is 11.6. The standard InChI is InChI=1S/C24H28F4N6/c1-14-9-17-16(3-4-19-18(17)10-29-32-19)23(34(14)13-22(26)27)20-5-6-21(24(28)31-20)30-15-11-33(12-15)8-2-7-25/h3-6,10,14-15,22-23,30H,2,7-9,11-13H2,1H3,(H,29,32)/t14-,23+/m1/s1. The zero-order chi connectivity index (χ0) is 23.8. The van der Waals surface area contributed by atoms with Gasteiger partial charge in [0.05, 0.1) is 48.4 Å². The Hall–Kier alpha value is -2.72. The quantitative estimate of drug-likeness (QED) is 0.378. The van der Waals surface area contributed by atoms with Crippen molar-refractivity contribution in [3.05, 3.63) is 53.2 Å². The number of benzene rings is 1. The number of alkyl halides is 3. The van der Waals surface area contributed by atoms with Crippen LogP contribution < -0.4 is 5.32 Å². The predicted octanol–water partition coefficient (Wildman–Crippen LogP) is 4.15. The van der Waals surface area contributed by atoms with Gasteiger partial charge in [0.15, 0.2) is 0 Å². The third-order valence-corrected chi connectivity index (χ3v) is 6.89. The van der Waals surface area contributed by atoms with Crippen LogP contribution in [-0.2, 0) is 6.42 Å². The molecule has 2 aliphatic rings. The molecule has 0 bridgehead atoms. The highest BCUT2D eigenvalue weighted by Gasteiger charge is 2.37. The first kappa shape index (κ1) is 23.0. The third kappa shape index (κ3) is 4.36. The molecule has 2 atom stereocenters. The molecule has 182 valence electrons. The number of aromatic amines is 1. The number of aromatic nitrogens is 3. The number of halogens is 4. The summed E-state index contributed by atoms with van der Waals surface area (Å²) in [5.41, 5.74) is 3.45. The van der Waals surface area contributed by atoms with Gasteiger partial charge in [0.2, 0.25) is 5.95 Å². The molecule has 0 spiro atoms. The van der Waals surface area contributed by atoms with Crippen molar-refractivity contribution in [3.63, 3.8) is 0 Å². The third-order valence-electron chi connectivity index (χ3n) is 6.89. The van der Waals surface area contributed by atoms with Gasteiger partial charge in [-0.05, 0) is 49.1 Å². The van der Waals surface area contributed by atoms with Gasteiger partial charge in [-0.2, -0.15) is 9.49 Å². The molecule has 0 aliphatic carbocycles. The number of hydrogen-bond acceptors (Lipinski definition) is 5. The fourth-order valence-corrected chi connectivity index (χ4v) is 5.25. The van der Waals surface area contributed by atoms with Crippen molar-refractivity contribution >= 4 is 16.6 Å². The highest BCUT2D eigenvalue weighted by molar-refractivity contribution is 5.83. The number of nitrogens with one attached hydrogen (secondary N) is 2. The van der Waals surface area contributed by atoms with Crippen molar-refractivity contribution in [2.45, 2.75) is 44.3 Å². The predicted molar refractivity (Wildman–Crippen MR) is 122 cm³/mol. The van der Waals surface area contributed by atoms with Crippen LogP contribution in [0.3, 0.4) is 0 Å². The van der Waals surface area contributed by atoms with Gasteiger partial charge in [0, 0.05) is 31.1 Å². The van der Waals surface area contributed by atoms with Crippen LogP contribution in [0.25, 0.3) is 10.9 Å². The lowest BCUT2D eigenvalue weighted by Crippen LogP contribution is -2.55. The van der Waals surface area contributed by atoms with Gasteiger partial charge in [-0.3, -0.25) is 19.3 Å². The van der Waals surface area contributed by atoms with Crippen LogP contribution in [0.5, 0.6) is 0 Å². The Morgan fingerprint density at radius 2 is 2.03 bits per heavy atom. The van der Waals surface area contributed by atoms with Crippen LogP contribution >= 0.6 is 0 Å². The molecular formula is C24H28F4N6. The number of likely N-dealkylation sites (tertiary alicyclic amines) is 1. The molecule has 6 nitrogen and oxygen atoms in total. The minimum Gasteiger partial charge on any atom is -0.376 e. The fourth-order valence-electron chi connectivity index (χ4n) is 5.25. The van der Waals surface area contributed by atoms with Gasteiger partial charge in [-0.15, -0.1) is 0 Å². The van der Waals surface area contributed by atoms with Crippen molar-refractivity contribution in [1.29, 1.82) is 0 Å². The van der Waals surface area contributed by atoms with E-state index in [0.29, 0.717) is 25.1 Å². The maximum Gasteiger partial charge on any atom is 0.251 e. The first-order valence-electron chi connectivity index (χ1n) is 11.6. The summed E-state index contributed by atoms with van der Waals surface area (Å²) in [5, 5.41) is 11.2. The summed E-state index contributed by atoms with van der Waals surface area (Å²) in [6, 6.07) is 6.43. The summed E-state index contributed by atoms with van der Waals surface area (Å²) in [7, 11) is 0. The molecule has 5 rings (SSSR count). The highest BCUT2D eigenvalue weighted by Crippen LogP contribution is 2.40. The number of H-pyrrole nitrogens is 1. The second kappa shape index (κ2) is 9.50. The van der Waals surface area contributed by atoms with E-state index in [0.717, 1.165) is 35.1 Å². The van der Waals surface area contributed by atoms with E-state index < -0.39 is 25.0 Å². The molecule has 1 aromatic carbocycles. The Labute approximate surface area is 195 Å². The molecule has 3 aromatic rings.